The van der Waals surface area contributed by atoms with Crippen molar-refractivity contribution in [2.24, 2.45) is 5.73 Å². The Morgan fingerprint density at radius 2 is 2.40 bits per heavy atom. The number of hydrogen-bond acceptors (Lipinski definition) is 5. The van der Waals surface area contributed by atoms with Crippen LogP contribution in [0.4, 0.5) is 0 Å². The number of rotatable bonds is 7. The molecule has 0 atom stereocenters. The fraction of sp³-hybridized carbons (Fsp3) is 0.462. The monoisotopic (exact) mass is 277 g/mol. The van der Waals surface area contributed by atoms with Gasteiger partial charge in [0, 0.05) is 13.2 Å². The van der Waals surface area contributed by atoms with Crippen LogP contribution in [0.2, 0.25) is 0 Å². The maximum absolute atomic E-state index is 12.0. The zero-order valence-corrected chi connectivity index (χ0v) is 11.5. The third-order valence-corrected chi connectivity index (χ3v) is 2.92. The van der Waals surface area contributed by atoms with Crippen LogP contribution in [-0.2, 0) is 24.3 Å². The van der Waals surface area contributed by atoms with E-state index in [1.807, 2.05) is 6.07 Å². The largest absolute Gasteiger partial charge is 0.467 e. The first-order valence-electron chi connectivity index (χ1n) is 6.54. The van der Waals surface area contributed by atoms with Crippen LogP contribution in [0.25, 0.3) is 0 Å². The van der Waals surface area contributed by atoms with Crippen molar-refractivity contribution >= 4 is 5.91 Å². The predicted molar refractivity (Wildman–Crippen MR) is 72.6 cm³/mol. The molecular formula is C13H19N5O2. The molecule has 0 saturated carbocycles. The van der Waals surface area contributed by atoms with Crippen LogP contribution in [0.3, 0.4) is 0 Å². The number of aromatic nitrogens is 3. The normalized spacial score (nSPS) is 10.7. The van der Waals surface area contributed by atoms with Crippen molar-refractivity contribution in [3.63, 3.8) is 0 Å². The van der Waals surface area contributed by atoms with Crippen molar-refractivity contribution in [3.05, 3.63) is 36.0 Å². The lowest BCUT2D eigenvalue weighted by molar-refractivity contribution is -0.131. The van der Waals surface area contributed by atoms with Crippen LogP contribution in [0.1, 0.15) is 17.9 Å². The summed E-state index contributed by atoms with van der Waals surface area (Å²) in [5, 5.41) is 7.95. The summed E-state index contributed by atoms with van der Waals surface area (Å²) in [7, 11) is 1.73. The second kappa shape index (κ2) is 6.85. The standard InChI is InChI=1S/C13H19N5O2/c1-17(9-12-5-3-7-20-12)13(19)10-18-8-11(15-16-18)4-2-6-14/h3,5,7-8H,2,4,6,9-10,14H2,1H3. The van der Waals surface area contributed by atoms with E-state index in [9.17, 15) is 4.79 Å². The molecule has 0 bridgehead atoms. The van der Waals surface area contributed by atoms with Crippen molar-refractivity contribution in [2.75, 3.05) is 13.6 Å². The fourth-order valence-electron chi connectivity index (χ4n) is 1.80. The molecule has 2 aromatic heterocycles. The smallest absolute Gasteiger partial charge is 0.244 e. The molecule has 2 N–H and O–H groups in total. The van der Waals surface area contributed by atoms with Crippen LogP contribution in [0.15, 0.2) is 29.0 Å². The number of aryl methyl sites for hydroxylation is 1. The Labute approximate surface area is 117 Å². The maximum atomic E-state index is 12.0. The molecular weight excluding hydrogens is 258 g/mol. The molecule has 108 valence electrons. The van der Waals surface area contributed by atoms with E-state index in [4.69, 9.17) is 10.2 Å². The number of nitrogens with zero attached hydrogens (tertiary/aromatic N) is 4. The van der Waals surface area contributed by atoms with Gasteiger partial charge in [-0.3, -0.25) is 4.79 Å². The van der Waals surface area contributed by atoms with Gasteiger partial charge in [0.05, 0.1) is 18.5 Å². The van der Waals surface area contributed by atoms with Gasteiger partial charge in [-0.05, 0) is 31.5 Å². The number of nitrogens with two attached hydrogens (primary N) is 1. The first-order valence-corrected chi connectivity index (χ1v) is 6.54. The predicted octanol–water partition coefficient (Wildman–Crippen LogP) is 0.421. The van der Waals surface area contributed by atoms with Crippen LogP contribution < -0.4 is 5.73 Å². The molecule has 20 heavy (non-hydrogen) atoms. The van der Waals surface area contributed by atoms with Crippen LogP contribution in [0.5, 0.6) is 0 Å². The zero-order valence-electron chi connectivity index (χ0n) is 11.5. The van der Waals surface area contributed by atoms with Gasteiger partial charge in [0.1, 0.15) is 12.3 Å². The first-order chi connectivity index (χ1) is 9.69. The van der Waals surface area contributed by atoms with Gasteiger partial charge >= 0.3 is 0 Å². The van der Waals surface area contributed by atoms with Gasteiger partial charge in [0.2, 0.25) is 5.91 Å². The molecule has 2 aromatic rings. The van der Waals surface area contributed by atoms with E-state index in [2.05, 4.69) is 10.3 Å². The third kappa shape index (κ3) is 3.92. The highest BCUT2D eigenvalue weighted by Crippen LogP contribution is 2.05. The van der Waals surface area contributed by atoms with Gasteiger partial charge in [0.15, 0.2) is 0 Å². The molecule has 0 radical (unpaired) electrons. The number of hydrogen-bond donors (Lipinski definition) is 1. The van der Waals surface area contributed by atoms with Crippen molar-refractivity contribution in [3.8, 4) is 0 Å². The summed E-state index contributed by atoms with van der Waals surface area (Å²) in [5.74, 6) is 0.708. The van der Waals surface area contributed by atoms with Gasteiger partial charge < -0.3 is 15.1 Å². The Kier molecular flexibility index (Phi) is 4.89. The zero-order chi connectivity index (χ0) is 14.4. The summed E-state index contributed by atoms with van der Waals surface area (Å²) < 4.78 is 6.76. The average molecular weight is 277 g/mol. The minimum Gasteiger partial charge on any atom is -0.467 e. The minimum absolute atomic E-state index is 0.0447. The summed E-state index contributed by atoms with van der Waals surface area (Å²) in [6, 6.07) is 3.64. The van der Waals surface area contributed by atoms with E-state index in [1.54, 1.807) is 35.2 Å². The molecule has 0 saturated heterocycles. The van der Waals surface area contributed by atoms with Crippen LogP contribution in [-0.4, -0.2) is 39.4 Å². The Hall–Kier alpha value is -2.15. The Bertz CT molecular complexity index is 535. The molecule has 0 fully saturated rings. The fourth-order valence-corrected chi connectivity index (χ4v) is 1.80. The maximum Gasteiger partial charge on any atom is 0.244 e. The van der Waals surface area contributed by atoms with Gasteiger partial charge in [0.25, 0.3) is 0 Å². The highest BCUT2D eigenvalue weighted by Gasteiger charge is 2.12. The Morgan fingerprint density at radius 3 is 3.10 bits per heavy atom. The molecule has 0 spiro atoms. The number of amides is 1. The summed E-state index contributed by atoms with van der Waals surface area (Å²) in [6.45, 7) is 1.24. The highest BCUT2D eigenvalue weighted by atomic mass is 16.3. The first kappa shape index (κ1) is 14.3. The summed E-state index contributed by atoms with van der Waals surface area (Å²) >= 11 is 0. The van der Waals surface area contributed by atoms with E-state index in [0.29, 0.717) is 13.1 Å². The molecule has 7 nitrogen and oxygen atoms in total. The van der Waals surface area contributed by atoms with Crippen LogP contribution in [0, 0.1) is 0 Å². The Balaban J connectivity index is 1.85. The number of likely N-dealkylation sites (N-methyl/N-ethyl adjacent to an activating group) is 1. The molecule has 0 unspecified atom stereocenters. The Morgan fingerprint density at radius 1 is 1.55 bits per heavy atom. The number of carbonyl (C=O) groups is 1. The highest BCUT2D eigenvalue weighted by molar-refractivity contribution is 5.75. The van der Waals surface area contributed by atoms with Crippen LogP contribution >= 0.6 is 0 Å². The lowest BCUT2D eigenvalue weighted by Crippen LogP contribution is -2.29. The van der Waals surface area contributed by atoms with Gasteiger partial charge in [-0.2, -0.15) is 0 Å². The average Bonchev–Trinajstić information content (AvgIpc) is 3.08. The number of carbonyl (C=O) groups excluding carboxylic acids is 1. The molecule has 0 aliphatic carbocycles. The molecule has 2 rings (SSSR count). The second-order valence-electron chi connectivity index (χ2n) is 4.63. The molecule has 1 amide bonds. The van der Waals surface area contributed by atoms with Crippen molar-refractivity contribution in [1.29, 1.82) is 0 Å². The molecule has 0 aliphatic heterocycles. The lowest BCUT2D eigenvalue weighted by atomic mass is 10.2. The van der Waals surface area contributed by atoms with E-state index in [1.165, 1.54) is 0 Å². The second-order valence-corrected chi connectivity index (χ2v) is 4.63. The van der Waals surface area contributed by atoms with E-state index >= 15 is 0 Å². The molecule has 0 aromatic carbocycles. The molecule has 0 aliphatic rings. The molecule has 7 heteroatoms. The summed E-state index contributed by atoms with van der Waals surface area (Å²) in [4.78, 5) is 13.6. The lowest BCUT2D eigenvalue weighted by Gasteiger charge is -2.15. The summed E-state index contributed by atoms with van der Waals surface area (Å²) in [6.07, 6.45) is 5.03. The topological polar surface area (TPSA) is 90.2 Å². The van der Waals surface area contributed by atoms with Crippen molar-refractivity contribution < 1.29 is 9.21 Å². The van der Waals surface area contributed by atoms with Gasteiger partial charge in [-0.1, -0.05) is 5.21 Å². The van der Waals surface area contributed by atoms with E-state index < -0.39 is 0 Å². The number of furan rings is 1. The third-order valence-electron chi connectivity index (χ3n) is 2.92. The van der Waals surface area contributed by atoms with E-state index in [0.717, 1.165) is 24.3 Å². The minimum atomic E-state index is -0.0447. The van der Waals surface area contributed by atoms with E-state index in [-0.39, 0.29) is 12.5 Å². The van der Waals surface area contributed by atoms with Crippen molar-refractivity contribution in [1.82, 2.24) is 19.9 Å². The quantitative estimate of drug-likeness (QED) is 0.792. The van der Waals surface area contributed by atoms with Gasteiger partial charge in [-0.15, -0.1) is 5.10 Å². The SMILES string of the molecule is CN(Cc1ccco1)C(=O)Cn1cc(CCCN)nn1. The summed E-state index contributed by atoms with van der Waals surface area (Å²) in [5.41, 5.74) is 6.30. The van der Waals surface area contributed by atoms with Gasteiger partial charge in [-0.25, -0.2) is 4.68 Å². The van der Waals surface area contributed by atoms with Crippen molar-refractivity contribution in [2.45, 2.75) is 25.9 Å². The molecule has 2 heterocycles.